The maximum Gasteiger partial charge on any atom is 0.230 e. The number of carbonyl (C=O) groups excluding carboxylic acids is 1. The van der Waals surface area contributed by atoms with Gasteiger partial charge in [0.2, 0.25) is 5.91 Å². The lowest BCUT2D eigenvalue weighted by Crippen LogP contribution is -2.36. The van der Waals surface area contributed by atoms with Crippen molar-refractivity contribution >= 4 is 38.3 Å². The van der Waals surface area contributed by atoms with Crippen LogP contribution in [0.2, 0.25) is 0 Å². The third kappa shape index (κ3) is 4.18. The zero-order chi connectivity index (χ0) is 19.6. The molecule has 3 aromatic rings. The van der Waals surface area contributed by atoms with E-state index in [1.165, 1.54) is 11.8 Å². The van der Waals surface area contributed by atoms with Gasteiger partial charge >= 0.3 is 0 Å². The zero-order valence-corrected chi connectivity index (χ0v) is 16.7. The fourth-order valence-corrected chi connectivity index (χ4v) is 5.76. The lowest BCUT2D eigenvalue weighted by atomic mass is 10.1. The van der Waals surface area contributed by atoms with Crippen LogP contribution in [0.15, 0.2) is 59.6 Å². The summed E-state index contributed by atoms with van der Waals surface area (Å²) in [5.41, 5.74) is 1.80. The topological polar surface area (TPSA) is 89.0 Å². The van der Waals surface area contributed by atoms with Gasteiger partial charge in [0.1, 0.15) is 10.7 Å². The molecular weight excluding hydrogens is 394 g/mol. The summed E-state index contributed by atoms with van der Waals surface area (Å²) in [6.07, 6.45) is 0.479. The first-order valence-corrected chi connectivity index (χ1v) is 11.8. The summed E-state index contributed by atoms with van der Waals surface area (Å²) in [6.45, 7) is 0. The van der Waals surface area contributed by atoms with Crippen LogP contribution in [0.3, 0.4) is 0 Å². The molecule has 2 aromatic carbocycles. The summed E-state index contributed by atoms with van der Waals surface area (Å²) in [6, 6.07) is 17.4. The van der Waals surface area contributed by atoms with E-state index in [0.717, 1.165) is 22.0 Å². The maximum absolute atomic E-state index is 12.2. The fraction of sp³-hybridized carbons (Fsp3) is 0.250. The number of nitrogens with zero attached hydrogens (tertiary/aromatic N) is 2. The minimum atomic E-state index is -3.01. The molecule has 0 aliphatic carbocycles. The van der Waals surface area contributed by atoms with Gasteiger partial charge in [-0.25, -0.2) is 8.42 Å². The fourth-order valence-electron chi connectivity index (χ4n) is 3.31. The largest absolute Gasteiger partial charge is 0.352 e. The summed E-state index contributed by atoms with van der Waals surface area (Å²) in [4.78, 5) is 12.2. The Labute approximate surface area is 167 Å². The Kier molecular flexibility index (Phi) is 5.32. The highest BCUT2D eigenvalue weighted by Crippen LogP contribution is 2.31. The van der Waals surface area contributed by atoms with Crippen molar-refractivity contribution in [3.8, 4) is 11.3 Å². The number of benzene rings is 2. The molecule has 144 valence electrons. The molecule has 0 radical (unpaired) electrons. The van der Waals surface area contributed by atoms with Crippen LogP contribution in [0.5, 0.6) is 0 Å². The van der Waals surface area contributed by atoms with E-state index >= 15 is 0 Å². The SMILES string of the molecule is O=C(CSc1nnc(-c2ccccc2)c2ccccc12)N[C@H]1CCS(=O)(=O)C1. The van der Waals surface area contributed by atoms with Crippen molar-refractivity contribution in [1.29, 1.82) is 0 Å². The third-order valence-corrected chi connectivity index (χ3v) is 7.39. The molecule has 28 heavy (non-hydrogen) atoms. The van der Waals surface area contributed by atoms with Crippen molar-refractivity contribution in [3.05, 3.63) is 54.6 Å². The Bertz CT molecular complexity index is 1120. The van der Waals surface area contributed by atoms with E-state index in [9.17, 15) is 13.2 Å². The Balaban J connectivity index is 1.51. The van der Waals surface area contributed by atoms with E-state index in [1.54, 1.807) is 0 Å². The van der Waals surface area contributed by atoms with Crippen LogP contribution < -0.4 is 5.32 Å². The minimum absolute atomic E-state index is 0.0257. The van der Waals surface area contributed by atoms with Crippen LogP contribution in [0.1, 0.15) is 6.42 Å². The van der Waals surface area contributed by atoms with Gasteiger partial charge in [-0.1, -0.05) is 66.4 Å². The second kappa shape index (κ2) is 7.89. The number of hydrogen-bond donors (Lipinski definition) is 1. The molecule has 1 amide bonds. The summed E-state index contributed by atoms with van der Waals surface area (Å²) in [7, 11) is -3.01. The smallest absolute Gasteiger partial charge is 0.230 e. The molecular formula is C20H19N3O3S2. The van der Waals surface area contributed by atoms with Crippen molar-refractivity contribution in [1.82, 2.24) is 15.5 Å². The molecule has 1 N–H and O–H groups in total. The zero-order valence-electron chi connectivity index (χ0n) is 15.0. The monoisotopic (exact) mass is 413 g/mol. The molecule has 0 saturated carbocycles. The summed E-state index contributed by atoms with van der Waals surface area (Å²) in [5, 5.41) is 14.2. The van der Waals surface area contributed by atoms with Crippen molar-refractivity contribution in [2.24, 2.45) is 0 Å². The van der Waals surface area contributed by atoms with Crippen LogP contribution in [0.4, 0.5) is 0 Å². The molecule has 1 atom stereocenters. The van der Waals surface area contributed by atoms with Gasteiger partial charge in [0, 0.05) is 22.4 Å². The quantitative estimate of drug-likeness (QED) is 0.647. The van der Waals surface area contributed by atoms with E-state index in [4.69, 9.17) is 0 Å². The van der Waals surface area contributed by atoms with E-state index in [2.05, 4.69) is 15.5 Å². The molecule has 1 aliphatic heterocycles. The molecule has 1 aromatic heterocycles. The van der Waals surface area contributed by atoms with E-state index < -0.39 is 9.84 Å². The van der Waals surface area contributed by atoms with E-state index in [1.807, 2.05) is 54.6 Å². The minimum Gasteiger partial charge on any atom is -0.352 e. The second-order valence-electron chi connectivity index (χ2n) is 6.72. The van der Waals surface area contributed by atoms with Gasteiger partial charge in [0.25, 0.3) is 0 Å². The van der Waals surface area contributed by atoms with Crippen molar-refractivity contribution in [2.45, 2.75) is 17.5 Å². The predicted molar refractivity (Wildman–Crippen MR) is 111 cm³/mol. The van der Waals surface area contributed by atoms with Crippen LogP contribution in [0.25, 0.3) is 22.0 Å². The van der Waals surface area contributed by atoms with Gasteiger partial charge in [0.15, 0.2) is 9.84 Å². The number of nitrogens with one attached hydrogen (secondary N) is 1. The summed E-state index contributed by atoms with van der Waals surface area (Å²) < 4.78 is 23.0. The Morgan fingerprint density at radius 1 is 1.04 bits per heavy atom. The van der Waals surface area contributed by atoms with Crippen LogP contribution in [-0.2, 0) is 14.6 Å². The average Bonchev–Trinajstić information content (AvgIpc) is 3.05. The van der Waals surface area contributed by atoms with Gasteiger partial charge in [-0.3, -0.25) is 4.79 Å². The first kappa shape index (κ1) is 18.9. The highest BCUT2D eigenvalue weighted by molar-refractivity contribution is 8.00. The number of amides is 1. The first-order valence-electron chi connectivity index (χ1n) is 8.95. The van der Waals surface area contributed by atoms with Crippen LogP contribution >= 0.6 is 11.8 Å². The van der Waals surface area contributed by atoms with Crippen LogP contribution in [-0.4, -0.2) is 47.8 Å². The number of aromatic nitrogens is 2. The van der Waals surface area contributed by atoms with Crippen molar-refractivity contribution < 1.29 is 13.2 Å². The molecule has 1 fully saturated rings. The Morgan fingerprint density at radius 3 is 2.46 bits per heavy atom. The highest BCUT2D eigenvalue weighted by Gasteiger charge is 2.28. The molecule has 0 unspecified atom stereocenters. The van der Waals surface area contributed by atoms with Gasteiger partial charge in [-0.05, 0) is 6.42 Å². The Morgan fingerprint density at radius 2 is 1.75 bits per heavy atom. The van der Waals surface area contributed by atoms with Gasteiger partial charge in [0.05, 0.1) is 17.3 Å². The lowest BCUT2D eigenvalue weighted by molar-refractivity contribution is -0.119. The molecule has 6 nitrogen and oxygen atoms in total. The van der Waals surface area contributed by atoms with Crippen molar-refractivity contribution in [2.75, 3.05) is 17.3 Å². The van der Waals surface area contributed by atoms with E-state index in [-0.39, 0.29) is 29.2 Å². The molecule has 1 saturated heterocycles. The number of thioether (sulfide) groups is 1. The lowest BCUT2D eigenvalue weighted by Gasteiger charge is -2.11. The van der Waals surface area contributed by atoms with E-state index in [0.29, 0.717) is 11.4 Å². The standard InChI is InChI=1S/C20H19N3O3S2/c24-18(21-15-10-11-28(25,26)13-15)12-27-20-17-9-5-4-8-16(17)19(22-23-20)14-6-2-1-3-7-14/h1-9,15H,10-13H2,(H,21,24)/t15-/m0/s1. The number of carbonyl (C=O) groups is 1. The maximum atomic E-state index is 12.2. The number of rotatable bonds is 5. The van der Waals surface area contributed by atoms with Crippen molar-refractivity contribution in [3.63, 3.8) is 0 Å². The van der Waals surface area contributed by atoms with Crippen LogP contribution in [0, 0.1) is 0 Å². The molecule has 0 bridgehead atoms. The predicted octanol–water partition coefficient (Wildman–Crippen LogP) is 2.69. The molecule has 1 aliphatic rings. The number of sulfone groups is 1. The average molecular weight is 414 g/mol. The Hall–Kier alpha value is -2.45. The van der Waals surface area contributed by atoms with Gasteiger partial charge in [-0.15, -0.1) is 10.2 Å². The summed E-state index contributed by atoms with van der Waals surface area (Å²) in [5.74, 6) is 0.144. The number of hydrogen-bond acceptors (Lipinski definition) is 6. The number of fused-ring (bicyclic) bond motifs is 1. The van der Waals surface area contributed by atoms with Gasteiger partial charge < -0.3 is 5.32 Å². The first-order chi connectivity index (χ1) is 13.5. The molecule has 2 heterocycles. The van der Waals surface area contributed by atoms with Gasteiger partial charge in [-0.2, -0.15) is 0 Å². The second-order valence-corrected chi connectivity index (χ2v) is 9.91. The molecule has 4 rings (SSSR count). The molecule has 8 heteroatoms. The summed E-state index contributed by atoms with van der Waals surface area (Å²) >= 11 is 1.31. The molecule has 0 spiro atoms. The normalized spacial score (nSPS) is 18.2. The highest BCUT2D eigenvalue weighted by atomic mass is 32.2. The third-order valence-electron chi connectivity index (χ3n) is 4.64.